The maximum atomic E-state index is 5.27. The van der Waals surface area contributed by atoms with Gasteiger partial charge < -0.3 is 10.1 Å². The largest absolute Gasteiger partial charge is 0.496 e. The van der Waals surface area contributed by atoms with Crippen molar-refractivity contribution in [3.05, 3.63) is 64.1 Å². The monoisotopic (exact) mass is 347 g/mol. The van der Waals surface area contributed by atoms with Crippen LogP contribution in [0.25, 0.3) is 0 Å². The highest BCUT2D eigenvalue weighted by atomic mass is 79.9. The topological polar surface area (TPSA) is 21.3 Å². The molecule has 2 aromatic rings. The van der Waals surface area contributed by atoms with Gasteiger partial charge in [-0.3, -0.25) is 0 Å². The summed E-state index contributed by atoms with van der Waals surface area (Å²) in [6.07, 6.45) is 0. The third-order valence-corrected chi connectivity index (χ3v) is 4.19. The SMILES string of the molecule is COc1ccc(CNC(c2ccccc2)C(C)C)cc1Br. The van der Waals surface area contributed by atoms with Gasteiger partial charge in [0.05, 0.1) is 11.6 Å². The lowest BCUT2D eigenvalue weighted by Crippen LogP contribution is -2.25. The summed E-state index contributed by atoms with van der Waals surface area (Å²) >= 11 is 3.54. The van der Waals surface area contributed by atoms with E-state index in [1.165, 1.54) is 11.1 Å². The van der Waals surface area contributed by atoms with Gasteiger partial charge in [0.25, 0.3) is 0 Å². The van der Waals surface area contributed by atoms with Crippen molar-refractivity contribution in [1.82, 2.24) is 5.32 Å². The number of halogens is 1. The van der Waals surface area contributed by atoms with Gasteiger partial charge in [-0.2, -0.15) is 0 Å². The summed E-state index contributed by atoms with van der Waals surface area (Å²) in [6, 6.07) is 17.2. The Morgan fingerprint density at radius 3 is 2.38 bits per heavy atom. The molecule has 0 aromatic heterocycles. The van der Waals surface area contributed by atoms with E-state index < -0.39 is 0 Å². The van der Waals surface area contributed by atoms with E-state index in [9.17, 15) is 0 Å². The van der Waals surface area contributed by atoms with E-state index in [1.54, 1.807) is 7.11 Å². The summed E-state index contributed by atoms with van der Waals surface area (Å²) in [5, 5.41) is 3.65. The van der Waals surface area contributed by atoms with Gasteiger partial charge in [-0.1, -0.05) is 50.2 Å². The van der Waals surface area contributed by atoms with E-state index in [0.29, 0.717) is 12.0 Å². The van der Waals surface area contributed by atoms with Crippen molar-refractivity contribution in [2.24, 2.45) is 5.92 Å². The fourth-order valence-corrected chi connectivity index (χ4v) is 3.03. The first-order valence-corrected chi connectivity index (χ1v) is 8.02. The van der Waals surface area contributed by atoms with Crippen LogP contribution in [0.2, 0.25) is 0 Å². The van der Waals surface area contributed by atoms with Crippen LogP contribution < -0.4 is 10.1 Å². The lowest BCUT2D eigenvalue weighted by molar-refractivity contribution is 0.407. The van der Waals surface area contributed by atoms with Crippen molar-refractivity contribution in [2.45, 2.75) is 26.4 Å². The molecule has 1 unspecified atom stereocenters. The van der Waals surface area contributed by atoms with Crippen molar-refractivity contribution in [3.63, 3.8) is 0 Å². The zero-order valence-electron chi connectivity index (χ0n) is 12.8. The molecular weight excluding hydrogens is 326 g/mol. The molecule has 0 saturated carbocycles. The third-order valence-electron chi connectivity index (χ3n) is 3.57. The molecule has 21 heavy (non-hydrogen) atoms. The molecular formula is C18H22BrNO. The van der Waals surface area contributed by atoms with E-state index in [4.69, 9.17) is 4.74 Å². The summed E-state index contributed by atoms with van der Waals surface area (Å²) in [6.45, 7) is 5.32. The van der Waals surface area contributed by atoms with Gasteiger partial charge in [0.2, 0.25) is 0 Å². The molecule has 2 nitrogen and oxygen atoms in total. The summed E-state index contributed by atoms with van der Waals surface area (Å²) in [5.41, 5.74) is 2.57. The second-order valence-corrected chi connectivity index (χ2v) is 6.34. The average Bonchev–Trinajstić information content (AvgIpc) is 2.48. The predicted molar refractivity (Wildman–Crippen MR) is 91.6 cm³/mol. The Bertz CT molecular complexity index is 569. The molecule has 0 fully saturated rings. The number of hydrogen-bond donors (Lipinski definition) is 1. The zero-order chi connectivity index (χ0) is 15.2. The molecule has 0 aliphatic heterocycles. The number of nitrogens with one attached hydrogen (secondary N) is 1. The molecule has 0 amide bonds. The molecule has 0 aliphatic carbocycles. The smallest absolute Gasteiger partial charge is 0.133 e. The molecule has 0 aliphatic rings. The first-order valence-electron chi connectivity index (χ1n) is 7.22. The third kappa shape index (κ3) is 4.32. The number of hydrogen-bond acceptors (Lipinski definition) is 2. The molecule has 0 saturated heterocycles. The number of ether oxygens (including phenoxy) is 1. The van der Waals surface area contributed by atoms with E-state index in [0.717, 1.165) is 16.8 Å². The van der Waals surface area contributed by atoms with Gasteiger partial charge in [0.1, 0.15) is 5.75 Å². The van der Waals surface area contributed by atoms with Crippen molar-refractivity contribution >= 4 is 15.9 Å². The summed E-state index contributed by atoms with van der Waals surface area (Å²) in [5.74, 6) is 1.40. The lowest BCUT2D eigenvalue weighted by atomic mass is 9.96. The van der Waals surface area contributed by atoms with Crippen LogP contribution in [-0.4, -0.2) is 7.11 Å². The van der Waals surface area contributed by atoms with Gasteiger partial charge in [-0.25, -0.2) is 0 Å². The molecule has 0 bridgehead atoms. The molecule has 2 rings (SSSR count). The first kappa shape index (κ1) is 16.1. The molecule has 1 N–H and O–H groups in total. The molecule has 1 atom stereocenters. The maximum Gasteiger partial charge on any atom is 0.133 e. The quantitative estimate of drug-likeness (QED) is 0.798. The Balaban J connectivity index is 2.07. The van der Waals surface area contributed by atoms with Gasteiger partial charge in [0.15, 0.2) is 0 Å². The Morgan fingerprint density at radius 1 is 1.10 bits per heavy atom. The van der Waals surface area contributed by atoms with Gasteiger partial charge >= 0.3 is 0 Å². The fraction of sp³-hybridized carbons (Fsp3) is 0.333. The van der Waals surface area contributed by atoms with Crippen LogP contribution in [0.3, 0.4) is 0 Å². The van der Waals surface area contributed by atoms with Crippen molar-refractivity contribution in [2.75, 3.05) is 7.11 Å². The molecule has 3 heteroatoms. The highest BCUT2D eigenvalue weighted by molar-refractivity contribution is 9.10. The maximum absolute atomic E-state index is 5.27. The van der Waals surface area contributed by atoms with Crippen LogP contribution in [0.1, 0.15) is 31.0 Å². The summed E-state index contributed by atoms with van der Waals surface area (Å²) in [7, 11) is 1.68. The minimum Gasteiger partial charge on any atom is -0.496 e. The van der Waals surface area contributed by atoms with Gasteiger partial charge in [-0.05, 0) is 45.1 Å². The Morgan fingerprint density at radius 2 is 1.81 bits per heavy atom. The number of methoxy groups -OCH3 is 1. The second-order valence-electron chi connectivity index (χ2n) is 5.48. The van der Waals surface area contributed by atoms with Gasteiger partial charge in [-0.15, -0.1) is 0 Å². The standard InChI is InChI=1S/C18H22BrNO/c1-13(2)18(15-7-5-4-6-8-15)20-12-14-9-10-17(21-3)16(19)11-14/h4-11,13,18,20H,12H2,1-3H3. The fourth-order valence-electron chi connectivity index (χ4n) is 2.45. The van der Waals surface area contributed by atoms with E-state index in [1.807, 2.05) is 6.07 Å². The minimum absolute atomic E-state index is 0.354. The molecule has 0 spiro atoms. The predicted octanol–water partition coefficient (Wildman–Crippen LogP) is 4.94. The second kappa shape index (κ2) is 7.62. The van der Waals surface area contributed by atoms with E-state index in [2.05, 4.69) is 77.6 Å². The lowest BCUT2D eigenvalue weighted by Gasteiger charge is -2.23. The van der Waals surface area contributed by atoms with Crippen LogP contribution in [0.15, 0.2) is 53.0 Å². The first-order chi connectivity index (χ1) is 10.1. The number of rotatable bonds is 6. The normalized spacial score (nSPS) is 12.4. The van der Waals surface area contributed by atoms with E-state index in [-0.39, 0.29) is 0 Å². The summed E-state index contributed by atoms with van der Waals surface area (Å²) < 4.78 is 6.26. The average molecular weight is 348 g/mol. The highest BCUT2D eigenvalue weighted by Crippen LogP contribution is 2.26. The Labute approximate surface area is 135 Å². The molecule has 0 radical (unpaired) electrons. The Kier molecular flexibility index (Phi) is 5.83. The Hall–Kier alpha value is -1.32. The molecule has 112 valence electrons. The van der Waals surface area contributed by atoms with Crippen molar-refractivity contribution in [1.29, 1.82) is 0 Å². The molecule has 2 aromatic carbocycles. The van der Waals surface area contributed by atoms with Crippen LogP contribution in [-0.2, 0) is 6.54 Å². The van der Waals surface area contributed by atoms with Crippen molar-refractivity contribution in [3.8, 4) is 5.75 Å². The minimum atomic E-state index is 0.354. The van der Waals surface area contributed by atoms with Crippen LogP contribution in [0.5, 0.6) is 5.75 Å². The van der Waals surface area contributed by atoms with Gasteiger partial charge in [0, 0.05) is 12.6 Å². The molecule has 0 heterocycles. The zero-order valence-corrected chi connectivity index (χ0v) is 14.4. The summed E-state index contributed by atoms with van der Waals surface area (Å²) in [4.78, 5) is 0. The van der Waals surface area contributed by atoms with Crippen LogP contribution in [0, 0.1) is 5.92 Å². The highest BCUT2D eigenvalue weighted by Gasteiger charge is 2.14. The van der Waals surface area contributed by atoms with Crippen LogP contribution >= 0.6 is 15.9 Å². The van der Waals surface area contributed by atoms with E-state index >= 15 is 0 Å². The number of benzene rings is 2. The van der Waals surface area contributed by atoms with Crippen molar-refractivity contribution < 1.29 is 4.74 Å². The van der Waals surface area contributed by atoms with Crippen LogP contribution in [0.4, 0.5) is 0 Å².